The predicted octanol–water partition coefficient (Wildman–Crippen LogP) is 0.504. The van der Waals surface area contributed by atoms with Gasteiger partial charge in [0.1, 0.15) is 6.04 Å². The van der Waals surface area contributed by atoms with Gasteiger partial charge in [-0.25, -0.2) is 4.79 Å². The molecule has 0 amide bonds. The van der Waals surface area contributed by atoms with Crippen LogP contribution in [0.1, 0.15) is 22.7 Å². The van der Waals surface area contributed by atoms with E-state index in [2.05, 4.69) is 5.32 Å². The van der Waals surface area contributed by atoms with E-state index in [9.17, 15) is 9.59 Å². The van der Waals surface area contributed by atoms with E-state index < -0.39 is 6.04 Å². The molecule has 16 heavy (non-hydrogen) atoms. The average molecular weight is 218 g/mol. The fourth-order valence-corrected chi connectivity index (χ4v) is 2.03. The number of methoxy groups -OCH3 is 1. The first kappa shape index (κ1) is 10.8. The topological polar surface area (TPSA) is 55.4 Å². The molecule has 0 spiro atoms. The molecule has 0 aliphatic carbocycles. The van der Waals surface area contributed by atoms with Crippen LogP contribution < -0.4 is 5.32 Å². The van der Waals surface area contributed by atoms with Gasteiger partial charge in [-0.2, -0.15) is 0 Å². The van der Waals surface area contributed by atoms with Gasteiger partial charge in [-0.3, -0.25) is 4.79 Å². The molecule has 4 nitrogen and oxygen atoms in total. The second kappa shape index (κ2) is 4.45. The predicted molar refractivity (Wildman–Crippen MR) is 57.7 cm³/mol. The van der Waals surface area contributed by atoms with Gasteiger partial charge in [0.25, 0.3) is 0 Å². The van der Waals surface area contributed by atoms with Crippen LogP contribution >= 0.6 is 0 Å². The molecule has 4 heteroatoms. The molecule has 0 fully saturated rings. The molecule has 1 unspecified atom stereocenters. The average Bonchev–Trinajstić information content (AvgIpc) is 2.36. The Morgan fingerprint density at radius 1 is 1.56 bits per heavy atom. The number of nitrogens with one attached hydrogen (secondary N) is 1. The van der Waals surface area contributed by atoms with Crippen molar-refractivity contribution in [3.05, 3.63) is 34.9 Å². The summed E-state index contributed by atoms with van der Waals surface area (Å²) in [6.45, 7) is 0.703. The summed E-state index contributed by atoms with van der Waals surface area (Å²) in [5.41, 5.74) is 2.14. The highest BCUT2D eigenvalue weighted by Gasteiger charge is 2.29. The van der Waals surface area contributed by atoms with Gasteiger partial charge in [0, 0.05) is 12.1 Å². The minimum absolute atomic E-state index is 0.372. The van der Waals surface area contributed by atoms with Gasteiger partial charge >= 0.3 is 5.97 Å². The third-order valence-corrected chi connectivity index (χ3v) is 2.77. The number of carbonyl (C=O) groups is 1. The van der Waals surface area contributed by atoms with Gasteiger partial charge in [-0.1, -0.05) is 18.2 Å². The van der Waals surface area contributed by atoms with Crippen molar-refractivity contribution in [3.8, 4) is 0 Å². The smallest absolute Gasteiger partial charge is 0.327 e. The van der Waals surface area contributed by atoms with Crippen LogP contribution in [0.25, 0.3) is 0 Å². The Hall–Kier alpha value is -1.68. The van der Waals surface area contributed by atoms with Crippen LogP contribution in [0.3, 0.4) is 0 Å². The SMILES string of the molecule is COC(=O)C1NCCc2cccc([C]=O)c21. The first-order chi connectivity index (χ1) is 7.77. The number of hydrogen-bond acceptors (Lipinski definition) is 4. The monoisotopic (exact) mass is 218 g/mol. The van der Waals surface area contributed by atoms with Crippen molar-refractivity contribution in [2.24, 2.45) is 0 Å². The molecule has 1 aromatic rings. The number of ether oxygens (including phenoxy) is 1. The Labute approximate surface area is 93.6 Å². The van der Waals surface area contributed by atoms with Crippen LogP contribution in [0.4, 0.5) is 0 Å². The summed E-state index contributed by atoms with van der Waals surface area (Å²) < 4.78 is 4.71. The Kier molecular flexibility index (Phi) is 3.01. The molecule has 1 radical (unpaired) electrons. The number of carbonyl (C=O) groups excluding carboxylic acids is 2. The molecule has 1 aromatic carbocycles. The Morgan fingerprint density at radius 2 is 2.38 bits per heavy atom. The molecular formula is C12H12NO3. The number of fused-ring (bicyclic) bond motifs is 1. The summed E-state index contributed by atoms with van der Waals surface area (Å²) in [4.78, 5) is 22.4. The van der Waals surface area contributed by atoms with Gasteiger partial charge in [-0.15, -0.1) is 0 Å². The van der Waals surface area contributed by atoms with E-state index in [1.165, 1.54) is 7.11 Å². The van der Waals surface area contributed by atoms with E-state index in [1.807, 2.05) is 12.4 Å². The van der Waals surface area contributed by atoms with Crippen molar-refractivity contribution < 1.29 is 14.3 Å². The Balaban J connectivity index is 2.50. The van der Waals surface area contributed by atoms with Crippen LogP contribution in [0.15, 0.2) is 18.2 Å². The van der Waals surface area contributed by atoms with Crippen molar-refractivity contribution in [2.45, 2.75) is 12.5 Å². The van der Waals surface area contributed by atoms with Crippen LogP contribution in [0, 0.1) is 0 Å². The van der Waals surface area contributed by atoms with Crippen molar-refractivity contribution in [2.75, 3.05) is 13.7 Å². The molecule has 0 aromatic heterocycles. The Bertz CT molecular complexity index is 428. The van der Waals surface area contributed by atoms with E-state index in [-0.39, 0.29) is 5.97 Å². The maximum Gasteiger partial charge on any atom is 0.327 e. The van der Waals surface area contributed by atoms with Gasteiger partial charge < -0.3 is 10.1 Å². The summed E-state index contributed by atoms with van der Waals surface area (Å²) in [5, 5.41) is 3.05. The number of esters is 1. The minimum Gasteiger partial charge on any atom is -0.468 e. The molecule has 0 saturated heterocycles. The Morgan fingerprint density at radius 3 is 3.06 bits per heavy atom. The fraction of sp³-hybridized carbons (Fsp3) is 0.333. The maximum atomic E-state index is 11.6. The highest BCUT2D eigenvalue weighted by molar-refractivity contribution is 5.86. The van der Waals surface area contributed by atoms with Crippen LogP contribution in [0.2, 0.25) is 0 Å². The second-order valence-corrected chi connectivity index (χ2v) is 3.64. The van der Waals surface area contributed by atoms with Gasteiger partial charge in [-0.05, 0) is 17.5 Å². The molecule has 1 aliphatic heterocycles. The molecular weight excluding hydrogens is 206 g/mol. The molecule has 83 valence electrons. The normalized spacial score (nSPS) is 18.7. The maximum absolute atomic E-state index is 11.6. The third-order valence-electron chi connectivity index (χ3n) is 2.77. The standard InChI is InChI=1S/C12H12NO3/c1-16-12(15)11-10-8(5-6-13-11)3-2-4-9(10)7-14/h2-4,11,13H,5-6H2,1H3. The van der Waals surface area contributed by atoms with E-state index in [4.69, 9.17) is 4.74 Å². The van der Waals surface area contributed by atoms with Crippen LogP contribution in [-0.4, -0.2) is 25.9 Å². The van der Waals surface area contributed by atoms with Gasteiger partial charge in [0.05, 0.1) is 7.11 Å². The molecule has 0 bridgehead atoms. The quantitative estimate of drug-likeness (QED) is 0.735. The van der Waals surface area contributed by atoms with Gasteiger partial charge in [0.2, 0.25) is 6.29 Å². The van der Waals surface area contributed by atoms with Crippen molar-refractivity contribution in [1.29, 1.82) is 0 Å². The van der Waals surface area contributed by atoms with Gasteiger partial charge in [0.15, 0.2) is 0 Å². The highest BCUT2D eigenvalue weighted by atomic mass is 16.5. The second-order valence-electron chi connectivity index (χ2n) is 3.64. The fourth-order valence-electron chi connectivity index (χ4n) is 2.03. The zero-order valence-electron chi connectivity index (χ0n) is 8.95. The third kappa shape index (κ3) is 1.72. The first-order valence-corrected chi connectivity index (χ1v) is 5.09. The molecule has 1 atom stereocenters. The van der Waals surface area contributed by atoms with E-state index >= 15 is 0 Å². The van der Waals surface area contributed by atoms with E-state index in [0.717, 1.165) is 12.0 Å². The molecule has 2 rings (SSSR count). The molecule has 1 heterocycles. The first-order valence-electron chi connectivity index (χ1n) is 5.09. The van der Waals surface area contributed by atoms with Crippen molar-refractivity contribution in [1.82, 2.24) is 5.32 Å². The van der Waals surface area contributed by atoms with Crippen molar-refractivity contribution >= 4 is 12.3 Å². The van der Waals surface area contributed by atoms with Crippen molar-refractivity contribution in [3.63, 3.8) is 0 Å². The lowest BCUT2D eigenvalue weighted by Gasteiger charge is -2.25. The van der Waals surface area contributed by atoms with Crippen LogP contribution in [0.5, 0.6) is 0 Å². The number of rotatable bonds is 2. The summed E-state index contributed by atoms with van der Waals surface area (Å²) >= 11 is 0. The zero-order chi connectivity index (χ0) is 11.5. The molecule has 0 saturated carbocycles. The zero-order valence-corrected chi connectivity index (χ0v) is 8.95. The van der Waals surface area contributed by atoms with E-state index in [0.29, 0.717) is 17.7 Å². The molecule has 1 aliphatic rings. The lowest BCUT2D eigenvalue weighted by Crippen LogP contribution is -2.36. The lowest BCUT2D eigenvalue weighted by molar-refractivity contribution is -0.143. The lowest BCUT2D eigenvalue weighted by atomic mass is 9.90. The van der Waals surface area contributed by atoms with Crippen LogP contribution in [-0.2, 0) is 20.7 Å². The minimum atomic E-state index is -0.550. The number of benzene rings is 1. The summed E-state index contributed by atoms with van der Waals surface area (Å²) in [6, 6.07) is 4.84. The summed E-state index contributed by atoms with van der Waals surface area (Å²) in [6.07, 6.45) is 2.67. The summed E-state index contributed by atoms with van der Waals surface area (Å²) in [7, 11) is 1.34. The number of hydrogen-bond donors (Lipinski definition) is 1. The molecule has 1 N–H and O–H groups in total. The highest BCUT2D eigenvalue weighted by Crippen LogP contribution is 2.26. The van der Waals surface area contributed by atoms with E-state index in [1.54, 1.807) is 12.1 Å². The largest absolute Gasteiger partial charge is 0.468 e. The summed E-state index contributed by atoms with van der Waals surface area (Å²) in [5.74, 6) is -0.372.